The molecule has 6 nitrogen and oxygen atoms in total. The van der Waals surface area contributed by atoms with E-state index in [2.05, 4.69) is 4.98 Å². The predicted molar refractivity (Wildman–Crippen MR) is 97.7 cm³/mol. The highest BCUT2D eigenvalue weighted by molar-refractivity contribution is 5.94. The molecule has 3 aliphatic rings. The van der Waals surface area contributed by atoms with E-state index in [1.807, 2.05) is 4.90 Å². The monoisotopic (exact) mass is 357 g/mol. The smallest absolute Gasteiger partial charge is 0.255 e. The molecule has 0 radical (unpaired) electrons. The molecule has 2 saturated carbocycles. The molecule has 0 bridgehead atoms. The number of aromatic nitrogens is 1. The maximum atomic E-state index is 12.8. The molecule has 0 spiro atoms. The lowest BCUT2D eigenvalue weighted by Crippen LogP contribution is -2.51. The molecular weight excluding hydrogens is 330 g/mol. The first kappa shape index (κ1) is 17.3. The minimum absolute atomic E-state index is 0.0835. The molecule has 2 amide bonds. The third kappa shape index (κ3) is 3.55. The van der Waals surface area contributed by atoms with E-state index < -0.39 is 0 Å². The summed E-state index contributed by atoms with van der Waals surface area (Å²) in [5.41, 5.74) is 0.276. The topological polar surface area (TPSA) is 73.5 Å². The lowest BCUT2D eigenvalue weighted by Gasteiger charge is -2.35. The Morgan fingerprint density at radius 2 is 1.65 bits per heavy atom. The van der Waals surface area contributed by atoms with Gasteiger partial charge in [0, 0.05) is 44.4 Å². The van der Waals surface area contributed by atoms with Gasteiger partial charge in [-0.2, -0.15) is 0 Å². The predicted octanol–water partition coefficient (Wildman–Crippen LogP) is 1.88. The number of amides is 2. The van der Waals surface area contributed by atoms with Crippen molar-refractivity contribution in [1.29, 1.82) is 0 Å². The van der Waals surface area contributed by atoms with Crippen LogP contribution in [0, 0.1) is 17.8 Å². The number of piperazine rings is 1. The standard InChI is InChI=1S/C20H27N3O3/c24-18-7-6-15(13-21-18)19(25)22-8-10-23(11-9-22)20(26)17-12-16(17)14-4-2-1-3-5-14/h6-7,13-14,16-17H,1-5,8-12H2,(H,21,24). The van der Waals surface area contributed by atoms with Crippen molar-refractivity contribution in [2.45, 2.75) is 38.5 Å². The fourth-order valence-electron chi connectivity index (χ4n) is 4.67. The molecule has 26 heavy (non-hydrogen) atoms. The van der Waals surface area contributed by atoms with E-state index >= 15 is 0 Å². The van der Waals surface area contributed by atoms with E-state index in [9.17, 15) is 14.4 Å². The van der Waals surface area contributed by atoms with Crippen molar-refractivity contribution < 1.29 is 9.59 Å². The van der Waals surface area contributed by atoms with Crippen molar-refractivity contribution >= 4 is 11.8 Å². The average molecular weight is 357 g/mol. The van der Waals surface area contributed by atoms with Gasteiger partial charge in [0.25, 0.3) is 5.91 Å². The van der Waals surface area contributed by atoms with E-state index in [-0.39, 0.29) is 17.4 Å². The van der Waals surface area contributed by atoms with Crippen LogP contribution >= 0.6 is 0 Å². The van der Waals surface area contributed by atoms with Gasteiger partial charge >= 0.3 is 0 Å². The average Bonchev–Trinajstić information content (AvgIpc) is 3.49. The summed E-state index contributed by atoms with van der Waals surface area (Å²) in [7, 11) is 0. The number of aromatic amines is 1. The van der Waals surface area contributed by atoms with Crippen molar-refractivity contribution in [3.8, 4) is 0 Å². The largest absolute Gasteiger partial charge is 0.339 e. The Morgan fingerprint density at radius 1 is 0.962 bits per heavy atom. The van der Waals surface area contributed by atoms with Crippen LogP contribution in [0.25, 0.3) is 0 Å². The molecule has 2 unspecified atom stereocenters. The summed E-state index contributed by atoms with van der Waals surface area (Å²) in [5, 5.41) is 0. The number of rotatable bonds is 3. The van der Waals surface area contributed by atoms with Crippen LogP contribution in [-0.4, -0.2) is 52.8 Å². The van der Waals surface area contributed by atoms with Gasteiger partial charge in [0.05, 0.1) is 5.56 Å². The number of carbonyl (C=O) groups is 2. The zero-order valence-electron chi connectivity index (χ0n) is 15.2. The third-order valence-corrected chi connectivity index (χ3v) is 6.32. The van der Waals surface area contributed by atoms with E-state index in [1.54, 1.807) is 11.0 Å². The lowest BCUT2D eigenvalue weighted by atomic mass is 9.85. The molecule has 140 valence electrons. The van der Waals surface area contributed by atoms with Gasteiger partial charge in [-0.3, -0.25) is 14.4 Å². The van der Waals surface area contributed by atoms with Gasteiger partial charge in [-0.15, -0.1) is 0 Å². The number of H-pyrrole nitrogens is 1. The Labute approximate surface area is 153 Å². The van der Waals surface area contributed by atoms with Crippen LogP contribution in [0.1, 0.15) is 48.9 Å². The first-order valence-corrected chi connectivity index (χ1v) is 9.90. The maximum absolute atomic E-state index is 12.8. The van der Waals surface area contributed by atoms with Crippen molar-refractivity contribution in [1.82, 2.24) is 14.8 Å². The minimum atomic E-state index is -0.214. The van der Waals surface area contributed by atoms with Gasteiger partial charge < -0.3 is 14.8 Å². The molecule has 3 fully saturated rings. The van der Waals surface area contributed by atoms with Gasteiger partial charge in [0.15, 0.2) is 0 Å². The van der Waals surface area contributed by atoms with Crippen molar-refractivity contribution in [3.63, 3.8) is 0 Å². The number of pyridine rings is 1. The summed E-state index contributed by atoms with van der Waals surface area (Å²) in [6.45, 7) is 2.35. The van der Waals surface area contributed by atoms with E-state index in [0.717, 1.165) is 12.3 Å². The molecule has 0 aromatic carbocycles. The second-order valence-corrected chi connectivity index (χ2v) is 7.96. The summed E-state index contributed by atoms with van der Waals surface area (Å²) < 4.78 is 0. The Hall–Kier alpha value is -2.11. The van der Waals surface area contributed by atoms with E-state index in [4.69, 9.17) is 0 Å². The molecule has 1 aromatic heterocycles. The normalized spacial score (nSPS) is 26.6. The molecule has 6 heteroatoms. The molecule has 4 rings (SSSR count). The van der Waals surface area contributed by atoms with Crippen molar-refractivity contribution in [3.05, 3.63) is 34.2 Å². The van der Waals surface area contributed by atoms with Gasteiger partial charge in [0.2, 0.25) is 11.5 Å². The Kier molecular flexibility index (Phi) is 4.83. The van der Waals surface area contributed by atoms with Crippen molar-refractivity contribution in [2.24, 2.45) is 17.8 Å². The number of hydrogen-bond acceptors (Lipinski definition) is 3. The Morgan fingerprint density at radius 3 is 2.31 bits per heavy atom. The van der Waals surface area contributed by atoms with Crippen LogP contribution < -0.4 is 5.56 Å². The fraction of sp³-hybridized carbons (Fsp3) is 0.650. The second kappa shape index (κ2) is 7.25. The zero-order chi connectivity index (χ0) is 18.1. The molecule has 2 atom stereocenters. The van der Waals surface area contributed by atoms with E-state index in [0.29, 0.717) is 43.6 Å². The first-order valence-electron chi connectivity index (χ1n) is 9.90. The minimum Gasteiger partial charge on any atom is -0.339 e. The molecule has 2 aliphatic carbocycles. The molecule has 1 N–H and O–H groups in total. The summed E-state index contributed by atoms with van der Waals surface area (Å²) in [5.74, 6) is 1.83. The van der Waals surface area contributed by atoms with Crippen LogP contribution in [0.2, 0.25) is 0 Å². The summed E-state index contributed by atoms with van der Waals surface area (Å²) in [6, 6.07) is 2.92. The summed E-state index contributed by atoms with van der Waals surface area (Å²) in [6.07, 6.45) is 9.14. The number of carbonyl (C=O) groups excluding carboxylic acids is 2. The third-order valence-electron chi connectivity index (χ3n) is 6.32. The summed E-state index contributed by atoms with van der Waals surface area (Å²) >= 11 is 0. The zero-order valence-corrected chi connectivity index (χ0v) is 15.2. The first-order chi connectivity index (χ1) is 12.6. The SMILES string of the molecule is O=C(c1ccc(=O)[nH]c1)N1CCN(C(=O)C2CC2C2CCCCC2)CC1. The molecule has 1 saturated heterocycles. The molecule has 1 aromatic rings. The van der Waals surface area contributed by atoms with Crippen LogP contribution in [-0.2, 0) is 4.79 Å². The molecule has 1 aliphatic heterocycles. The number of nitrogens with zero attached hydrogens (tertiary/aromatic N) is 2. The molecule has 2 heterocycles. The molecular formula is C20H27N3O3. The highest BCUT2D eigenvalue weighted by Gasteiger charge is 2.49. The Bertz CT molecular complexity index is 710. The van der Waals surface area contributed by atoms with Gasteiger partial charge in [-0.1, -0.05) is 32.1 Å². The maximum Gasteiger partial charge on any atom is 0.255 e. The van der Waals surface area contributed by atoms with Crippen molar-refractivity contribution in [2.75, 3.05) is 26.2 Å². The highest BCUT2D eigenvalue weighted by Crippen LogP contribution is 2.50. The van der Waals surface area contributed by atoms with Gasteiger partial charge in [-0.05, 0) is 24.3 Å². The summed E-state index contributed by atoms with van der Waals surface area (Å²) in [4.78, 5) is 42.7. The quantitative estimate of drug-likeness (QED) is 0.898. The number of nitrogens with one attached hydrogen (secondary N) is 1. The second-order valence-electron chi connectivity index (χ2n) is 7.96. The lowest BCUT2D eigenvalue weighted by molar-refractivity contribution is -0.134. The number of hydrogen-bond donors (Lipinski definition) is 1. The Balaban J connectivity index is 1.28. The highest BCUT2D eigenvalue weighted by atomic mass is 16.2. The van der Waals surface area contributed by atoms with Gasteiger partial charge in [0.1, 0.15) is 0 Å². The van der Waals surface area contributed by atoms with E-state index in [1.165, 1.54) is 44.4 Å². The van der Waals surface area contributed by atoms with Crippen LogP contribution in [0.4, 0.5) is 0 Å². The van der Waals surface area contributed by atoms with Gasteiger partial charge in [-0.25, -0.2) is 0 Å². The van der Waals surface area contributed by atoms with Crippen LogP contribution in [0.5, 0.6) is 0 Å². The van der Waals surface area contributed by atoms with Crippen LogP contribution in [0.3, 0.4) is 0 Å². The van der Waals surface area contributed by atoms with Crippen LogP contribution in [0.15, 0.2) is 23.1 Å². The fourth-order valence-corrected chi connectivity index (χ4v) is 4.67.